The van der Waals surface area contributed by atoms with Gasteiger partial charge in [0, 0.05) is 13.2 Å². The summed E-state index contributed by atoms with van der Waals surface area (Å²) in [6, 6.07) is 12.8. The quantitative estimate of drug-likeness (QED) is 0.543. The number of rotatable bonds is 7. The topological polar surface area (TPSA) is 52.8 Å². The third kappa shape index (κ3) is 4.58. The number of amides is 1. The van der Waals surface area contributed by atoms with Crippen molar-refractivity contribution in [2.75, 3.05) is 19.8 Å². The Balaban J connectivity index is 2.07. The number of thiazole rings is 1. The summed E-state index contributed by atoms with van der Waals surface area (Å²) in [5.74, 6) is 0.439. The molecule has 3 rings (SSSR count). The van der Waals surface area contributed by atoms with Crippen LogP contribution in [0, 0.1) is 0 Å². The molecule has 0 radical (unpaired) electrons. The molecule has 0 bridgehead atoms. The molecule has 5 nitrogen and oxygen atoms in total. The van der Waals surface area contributed by atoms with E-state index in [9.17, 15) is 4.79 Å². The van der Waals surface area contributed by atoms with Gasteiger partial charge in [0.05, 0.1) is 34.0 Å². The average Bonchev–Trinajstić information content (AvgIpc) is 2.99. The summed E-state index contributed by atoms with van der Waals surface area (Å²) in [7, 11) is 0. The van der Waals surface area contributed by atoms with Gasteiger partial charge in [0.25, 0.3) is 5.91 Å². The molecule has 142 valence electrons. The van der Waals surface area contributed by atoms with Crippen molar-refractivity contribution in [2.24, 2.45) is 4.99 Å². The van der Waals surface area contributed by atoms with Gasteiger partial charge >= 0.3 is 0 Å². The van der Waals surface area contributed by atoms with Crippen LogP contribution in [0.1, 0.15) is 24.2 Å². The summed E-state index contributed by atoms with van der Waals surface area (Å²) in [5.41, 5.74) is 1.39. The zero-order valence-corrected chi connectivity index (χ0v) is 16.8. The van der Waals surface area contributed by atoms with Gasteiger partial charge in [-0.15, -0.1) is 0 Å². The van der Waals surface area contributed by atoms with Crippen LogP contribution in [0.3, 0.4) is 0 Å². The molecule has 0 aliphatic heterocycles. The monoisotopic (exact) mass is 404 g/mol. The lowest BCUT2D eigenvalue weighted by molar-refractivity contribution is 0.0997. The predicted octanol–water partition coefficient (Wildman–Crippen LogP) is 4.53. The highest BCUT2D eigenvalue weighted by Crippen LogP contribution is 2.24. The minimum atomic E-state index is -0.359. The molecule has 1 amide bonds. The summed E-state index contributed by atoms with van der Waals surface area (Å²) in [4.78, 5) is 17.6. The number of hydrogen-bond donors (Lipinski definition) is 0. The van der Waals surface area contributed by atoms with Crippen LogP contribution < -0.4 is 9.54 Å². The van der Waals surface area contributed by atoms with E-state index in [1.807, 2.05) is 36.6 Å². The van der Waals surface area contributed by atoms with Crippen LogP contribution in [-0.2, 0) is 11.3 Å². The molecule has 0 aliphatic carbocycles. The summed E-state index contributed by atoms with van der Waals surface area (Å²) in [6.45, 7) is 6.30. The lowest BCUT2D eigenvalue weighted by Crippen LogP contribution is -2.19. The number of ether oxygens (including phenoxy) is 2. The molecule has 0 saturated carbocycles. The first kappa shape index (κ1) is 19.6. The van der Waals surface area contributed by atoms with Crippen molar-refractivity contribution in [3.05, 3.63) is 57.9 Å². The molecule has 3 aromatic rings. The zero-order chi connectivity index (χ0) is 19.2. The Labute approximate surface area is 166 Å². The highest BCUT2D eigenvalue weighted by molar-refractivity contribution is 7.16. The number of halogens is 1. The Hall–Kier alpha value is -2.15. The van der Waals surface area contributed by atoms with Gasteiger partial charge in [0.15, 0.2) is 4.80 Å². The fourth-order valence-electron chi connectivity index (χ4n) is 2.69. The molecule has 0 atom stereocenters. The number of carbonyl (C=O) groups excluding carboxylic acids is 1. The van der Waals surface area contributed by atoms with Crippen LogP contribution in [0.4, 0.5) is 0 Å². The molecule has 1 heterocycles. The Morgan fingerprint density at radius 3 is 2.74 bits per heavy atom. The van der Waals surface area contributed by atoms with Crippen molar-refractivity contribution in [3.8, 4) is 5.75 Å². The third-order valence-electron chi connectivity index (χ3n) is 3.93. The van der Waals surface area contributed by atoms with E-state index in [0.29, 0.717) is 41.8 Å². The summed E-state index contributed by atoms with van der Waals surface area (Å²) < 4.78 is 14.1. The van der Waals surface area contributed by atoms with E-state index in [0.717, 1.165) is 16.0 Å². The SMILES string of the molecule is CCOCCn1c(=NC(=O)c2ccccc2Cl)sc2cc(OCC)ccc21. The van der Waals surface area contributed by atoms with Crippen molar-refractivity contribution < 1.29 is 14.3 Å². The lowest BCUT2D eigenvalue weighted by atomic mass is 10.2. The van der Waals surface area contributed by atoms with Crippen LogP contribution in [0.2, 0.25) is 5.02 Å². The fourth-order valence-corrected chi connectivity index (χ4v) is 3.99. The van der Waals surface area contributed by atoms with Gasteiger partial charge in [-0.3, -0.25) is 4.79 Å². The van der Waals surface area contributed by atoms with Crippen molar-refractivity contribution >= 4 is 39.1 Å². The largest absolute Gasteiger partial charge is 0.494 e. The van der Waals surface area contributed by atoms with E-state index < -0.39 is 0 Å². The molecular weight excluding hydrogens is 384 g/mol. The van der Waals surface area contributed by atoms with Gasteiger partial charge in [0.2, 0.25) is 0 Å². The Morgan fingerprint density at radius 1 is 1.19 bits per heavy atom. The van der Waals surface area contributed by atoms with Crippen LogP contribution in [-0.4, -0.2) is 30.3 Å². The maximum atomic E-state index is 12.6. The normalized spacial score (nSPS) is 11.9. The average molecular weight is 405 g/mol. The van der Waals surface area contributed by atoms with Crippen molar-refractivity contribution in [1.82, 2.24) is 4.57 Å². The van der Waals surface area contributed by atoms with E-state index in [1.54, 1.807) is 24.3 Å². The maximum Gasteiger partial charge on any atom is 0.281 e. The van der Waals surface area contributed by atoms with Crippen molar-refractivity contribution in [1.29, 1.82) is 0 Å². The Kier molecular flexibility index (Phi) is 6.66. The van der Waals surface area contributed by atoms with Gasteiger partial charge in [-0.05, 0) is 44.2 Å². The molecule has 2 aromatic carbocycles. The molecule has 0 fully saturated rings. The highest BCUT2D eigenvalue weighted by atomic mass is 35.5. The van der Waals surface area contributed by atoms with Crippen LogP contribution in [0.25, 0.3) is 10.2 Å². The molecular formula is C20H21ClN2O3S. The molecule has 1 aromatic heterocycles. The fraction of sp³-hybridized carbons (Fsp3) is 0.300. The number of hydrogen-bond acceptors (Lipinski definition) is 4. The summed E-state index contributed by atoms with van der Waals surface area (Å²) >= 11 is 7.59. The smallest absolute Gasteiger partial charge is 0.281 e. The van der Waals surface area contributed by atoms with Crippen molar-refractivity contribution in [3.63, 3.8) is 0 Å². The summed E-state index contributed by atoms with van der Waals surface area (Å²) in [6.07, 6.45) is 0. The number of carbonyl (C=O) groups is 1. The third-order valence-corrected chi connectivity index (χ3v) is 5.30. The van der Waals surface area contributed by atoms with Gasteiger partial charge < -0.3 is 14.0 Å². The molecule has 0 aliphatic rings. The minimum absolute atomic E-state index is 0.359. The van der Waals surface area contributed by atoms with Gasteiger partial charge in [-0.1, -0.05) is 35.1 Å². The van der Waals surface area contributed by atoms with Crippen LogP contribution in [0.15, 0.2) is 47.5 Å². The number of nitrogens with zero attached hydrogens (tertiary/aromatic N) is 2. The Morgan fingerprint density at radius 2 is 2.00 bits per heavy atom. The highest BCUT2D eigenvalue weighted by Gasteiger charge is 2.12. The van der Waals surface area contributed by atoms with E-state index in [-0.39, 0.29) is 5.91 Å². The molecule has 0 spiro atoms. The molecule has 0 unspecified atom stereocenters. The Bertz CT molecular complexity index is 1010. The second-order valence-corrected chi connectivity index (χ2v) is 7.11. The van der Waals surface area contributed by atoms with E-state index in [1.165, 1.54) is 11.3 Å². The lowest BCUT2D eigenvalue weighted by Gasteiger charge is -2.06. The number of aromatic nitrogens is 1. The van der Waals surface area contributed by atoms with Crippen molar-refractivity contribution in [2.45, 2.75) is 20.4 Å². The molecule has 7 heteroatoms. The maximum absolute atomic E-state index is 12.6. The summed E-state index contributed by atoms with van der Waals surface area (Å²) in [5, 5.41) is 0.395. The first-order valence-corrected chi connectivity index (χ1v) is 10.0. The van der Waals surface area contributed by atoms with Gasteiger partial charge in [0.1, 0.15) is 5.75 Å². The number of fused-ring (bicyclic) bond motifs is 1. The number of benzene rings is 2. The molecule has 0 N–H and O–H groups in total. The van der Waals surface area contributed by atoms with E-state index in [4.69, 9.17) is 21.1 Å². The first-order chi connectivity index (χ1) is 13.1. The van der Waals surface area contributed by atoms with Crippen LogP contribution >= 0.6 is 22.9 Å². The second kappa shape index (κ2) is 9.17. The van der Waals surface area contributed by atoms with E-state index >= 15 is 0 Å². The molecule has 27 heavy (non-hydrogen) atoms. The molecule has 0 saturated heterocycles. The zero-order valence-electron chi connectivity index (χ0n) is 15.3. The predicted molar refractivity (Wildman–Crippen MR) is 109 cm³/mol. The first-order valence-electron chi connectivity index (χ1n) is 8.81. The van der Waals surface area contributed by atoms with Gasteiger partial charge in [-0.25, -0.2) is 0 Å². The van der Waals surface area contributed by atoms with Gasteiger partial charge in [-0.2, -0.15) is 4.99 Å². The second-order valence-electron chi connectivity index (χ2n) is 5.69. The minimum Gasteiger partial charge on any atom is -0.494 e. The van der Waals surface area contributed by atoms with Crippen LogP contribution in [0.5, 0.6) is 5.75 Å². The van der Waals surface area contributed by atoms with E-state index in [2.05, 4.69) is 4.99 Å². The standard InChI is InChI=1S/C20H21ClN2O3S/c1-3-25-12-11-23-17-10-9-14(26-4-2)13-18(17)27-20(23)22-19(24)15-7-5-6-8-16(15)21/h5-10,13H,3-4,11-12H2,1-2H3.